The third-order valence-electron chi connectivity index (χ3n) is 6.46. The number of amides is 1. The highest BCUT2D eigenvalue weighted by atomic mass is 35.5. The van der Waals surface area contributed by atoms with Crippen LogP contribution < -0.4 is 16.0 Å². The van der Waals surface area contributed by atoms with Gasteiger partial charge in [-0.05, 0) is 43.9 Å². The molecule has 0 unspecified atom stereocenters. The Morgan fingerprint density at radius 3 is 2.78 bits per heavy atom. The predicted molar refractivity (Wildman–Crippen MR) is 142 cm³/mol. The van der Waals surface area contributed by atoms with Crippen LogP contribution in [-0.2, 0) is 7.05 Å². The van der Waals surface area contributed by atoms with Crippen LogP contribution in [0.15, 0.2) is 35.1 Å². The van der Waals surface area contributed by atoms with Crippen LogP contribution in [0.4, 0.5) is 17.2 Å². The number of aromatic nitrogens is 4. The van der Waals surface area contributed by atoms with Crippen molar-refractivity contribution in [2.75, 3.05) is 35.6 Å². The summed E-state index contributed by atoms with van der Waals surface area (Å²) in [6.07, 6.45) is 4.47. The summed E-state index contributed by atoms with van der Waals surface area (Å²) in [5.41, 5.74) is 9.74. The fourth-order valence-electron chi connectivity index (χ4n) is 4.49. The molecule has 4 N–H and O–H groups in total. The molecule has 1 aliphatic heterocycles. The van der Waals surface area contributed by atoms with Gasteiger partial charge in [0.05, 0.1) is 33.2 Å². The molecule has 1 fully saturated rings. The van der Waals surface area contributed by atoms with E-state index in [1.54, 1.807) is 6.07 Å². The number of halogens is 2. The monoisotopic (exact) mass is 531 g/mol. The van der Waals surface area contributed by atoms with Gasteiger partial charge in [0.1, 0.15) is 12.1 Å². The summed E-state index contributed by atoms with van der Waals surface area (Å²) in [5.74, 6) is 0.336. The van der Waals surface area contributed by atoms with E-state index in [0.717, 1.165) is 48.2 Å². The topological polar surface area (TPSA) is 135 Å². The number of nitrogens with zero attached hydrogens (tertiary/aromatic N) is 5. The van der Waals surface area contributed by atoms with Crippen LogP contribution in [-0.4, -0.2) is 50.5 Å². The first-order valence-electron chi connectivity index (χ1n) is 11.4. The predicted octanol–water partition coefficient (Wildman–Crippen LogP) is 4.05. The zero-order valence-corrected chi connectivity index (χ0v) is 21.4. The maximum absolute atomic E-state index is 13.2. The zero-order chi connectivity index (χ0) is 24.7. The van der Waals surface area contributed by atoms with E-state index < -0.39 is 5.91 Å². The molecule has 0 saturated carbocycles. The average Bonchev–Trinajstić information content (AvgIpc) is 3.45. The van der Waals surface area contributed by atoms with Crippen molar-refractivity contribution in [2.45, 2.75) is 19.8 Å². The second-order valence-corrected chi connectivity index (χ2v) is 9.20. The lowest BCUT2D eigenvalue weighted by Crippen LogP contribution is -2.35. The molecule has 0 bridgehead atoms. The number of hydrogen-bond donors (Lipinski definition) is 3. The van der Waals surface area contributed by atoms with Crippen LogP contribution in [0.3, 0.4) is 0 Å². The molecule has 190 valence electrons. The number of nitrogen functional groups attached to an aromatic ring is 1. The maximum Gasteiger partial charge on any atom is 0.277 e. The number of carbonyl (C=O) groups excluding carboxylic acids is 1. The van der Waals surface area contributed by atoms with Crippen molar-refractivity contribution in [3.63, 3.8) is 0 Å². The van der Waals surface area contributed by atoms with Gasteiger partial charge in [0.2, 0.25) is 5.89 Å². The molecule has 36 heavy (non-hydrogen) atoms. The lowest BCUT2D eigenvalue weighted by molar-refractivity contribution is 0.102. The smallest absolute Gasteiger partial charge is 0.277 e. The normalized spacial score (nSPS) is 14.2. The molecule has 5 rings (SSSR count). The zero-order valence-electron chi connectivity index (χ0n) is 19.9. The molecule has 4 aromatic rings. The van der Waals surface area contributed by atoms with Crippen molar-refractivity contribution in [1.29, 1.82) is 0 Å². The molecule has 1 amide bonds. The third kappa shape index (κ3) is 4.84. The van der Waals surface area contributed by atoms with Crippen LogP contribution in [0.1, 0.15) is 29.0 Å². The number of nitrogens with one attached hydrogen (secondary N) is 1. The molecular weight excluding hydrogens is 505 g/mol. The third-order valence-corrected chi connectivity index (χ3v) is 6.76. The average molecular weight is 532 g/mol. The highest BCUT2D eigenvalue weighted by Crippen LogP contribution is 2.35. The minimum atomic E-state index is -0.412. The van der Waals surface area contributed by atoms with Crippen LogP contribution in [0.2, 0.25) is 5.02 Å². The van der Waals surface area contributed by atoms with Crippen molar-refractivity contribution in [2.24, 2.45) is 13.0 Å². The van der Waals surface area contributed by atoms with Gasteiger partial charge in [-0.15, -0.1) is 12.4 Å². The van der Waals surface area contributed by atoms with Crippen molar-refractivity contribution in [3.8, 4) is 11.5 Å². The number of oxazole rings is 1. The first kappa shape index (κ1) is 25.7. The van der Waals surface area contributed by atoms with Crippen LogP contribution in [0.25, 0.3) is 22.4 Å². The summed E-state index contributed by atoms with van der Waals surface area (Å²) in [5, 5.41) is 18.3. The lowest BCUT2D eigenvalue weighted by Gasteiger charge is -2.34. The van der Waals surface area contributed by atoms with E-state index >= 15 is 0 Å². The van der Waals surface area contributed by atoms with Gasteiger partial charge in [0, 0.05) is 38.3 Å². The Labute approximate surface area is 218 Å². The van der Waals surface area contributed by atoms with E-state index in [0.29, 0.717) is 22.2 Å². The maximum atomic E-state index is 13.2. The minimum Gasteiger partial charge on any atom is -0.444 e. The number of fused-ring (bicyclic) bond motifs is 1. The van der Waals surface area contributed by atoms with E-state index in [4.69, 9.17) is 21.8 Å². The Balaban J connectivity index is 0.00000304. The Morgan fingerprint density at radius 2 is 2.06 bits per heavy atom. The number of rotatable bonds is 5. The number of nitrogens with two attached hydrogens (primary N) is 1. The van der Waals surface area contributed by atoms with E-state index in [1.807, 2.05) is 24.7 Å². The van der Waals surface area contributed by atoms with Crippen LogP contribution in [0, 0.1) is 12.8 Å². The minimum absolute atomic E-state index is 0. The number of piperidine rings is 1. The number of benzene rings is 1. The molecule has 12 heteroatoms. The van der Waals surface area contributed by atoms with Crippen molar-refractivity contribution in [3.05, 3.63) is 47.1 Å². The van der Waals surface area contributed by atoms with Gasteiger partial charge in [-0.2, -0.15) is 5.10 Å². The largest absolute Gasteiger partial charge is 0.444 e. The summed E-state index contributed by atoms with van der Waals surface area (Å²) < 4.78 is 7.36. The summed E-state index contributed by atoms with van der Waals surface area (Å²) in [4.78, 5) is 23.7. The Bertz CT molecular complexity index is 1410. The number of aryl methyl sites for hydroxylation is 2. The standard InChI is InChI=1S/C24H26ClN7O3.ClH/c1-13-15-7-18(21(9-20(15)31(2)30-13)32-5-3-14(11-33)4-6-32)28-23(34)19-12-35-24(29-19)16-8-22(26)27-10-17(16)25;/h7-10,12,14,33H,3-6,11H2,1-2H3,(H2,26,27)(H,28,34);1H. The SMILES string of the molecule is Cc1nn(C)c2cc(N3CCC(CO)CC3)c(NC(=O)c3coc(-c4cc(N)ncc4Cl)n3)cc12.Cl. The van der Waals surface area contributed by atoms with Crippen molar-refractivity contribution >= 4 is 58.0 Å². The molecule has 1 saturated heterocycles. The molecule has 1 aromatic carbocycles. The van der Waals surface area contributed by atoms with E-state index in [2.05, 4.69) is 31.3 Å². The van der Waals surface area contributed by atoms with E-state index in [9.17, 15) is 9.90 Å². The van der Waals surface area contributed by atoms with Crippen molar-refractivity contribution in [1.82, 2.24) is 19.7 Å². The van der Waals surface area contributed by atoms with E-state index in [-0.39, 0.29) is 36.4 Å². The summed E-state index contributed by atoms with van der Waals surface area (Å²) in [6, 6.07) is 5.55. The van der Waals surface area contributed by atoms with Crippen molar-refractivity contribution < 1.29 is 14.3 Å². The fourth-order valence-corrected chi connectivity index (χ4v) is 4.68. The van der Waals surface area contributed by atoms with Gasteiger partial charge in [0.25, 0.3) is 5.91 Å². The van der Waals surface area contributed by atoms with Gasteiger partial charge >= 0.3 is 0 Å². The van der Waals surface area contributed by atoms with Gasteiger partial charge in [0.15, 0.2) is 5.69 Å². The van der Waals surface area contributed by atoms with Gasteiger partial charge < -0.3 is 25.5 Å². The molecule has 4 heterocycles. The van der Waals surface area contributed by atoms with Gasteiger partial charge in [-0.25, -0.2) is 9.97 Å². The highest BCUT2D eigenvalue weighted by molar-refractivity contribution is 6.33. The number of hydrogen-bond acceptors (Lipinski definition) is 8. The number of pyridine rings is 1. The number of aliphatic hydroxyl groups excluding tert-OH is 1. The molecule has 0 spiro atoms. The van der Waals surface area contributed by atoms with E-state index in [1.165, 1.54) is 12.5 Å². The molecular formula is C24H27Cl2N7O3. The van der Waals surface area contributed by atoms with Crippen LogP contribution >= 0.6 is 24.0 Å². The lowest BCUT2D eigenvalue weighted by atomic mass is 9.97. The first-order valence-corrected chi connectivity index (χ1v) is 11.7. The molecule has 1 aliphatic rings. The first-order chi connectivity index (χ1) is 16.8. The highest BCUT2D eigenvalue weighted by Gasteiger charge is 2.24. The van der Waals surface area contributed by atoms with Crippen LogP contribution in [0.5, 0.6) is 0 Å². The summed E-state index contributed by atoms with van der Waals surface area (Å²) in [6.45, 7) is 3.70. The molecule has 0 aliphatic carbocycles. The molecule has 0 atom stereocenters. The summed E-state index contributed by atoms with van der Waals surface area (Å²) in [7, 11) is 1.91. The Morgan fingerprint density at radius 1 is 1.31 bits per heavy atom. The number of anilines is 3. The molecule has 3 aromatic heterocycles. The Kier molecular flexibility index (Phi) is 7.39. The molecule has 0 radical (unpaired) electrons. The second kappa shape index (κ2) is 10.3. The van der Waals surface area contributed by atoms with Gasteiger partial charge in [-0.1, -0.05) is 11.6 Å². The number of aliphatic hydroxyl groups is 1. The fraction of sp³-hybridized carbons (Fsp3) is 0.333. The number of carbonyl (C=O) groups is 1. The Hall–Kier alpha value is -3.34. The van der Waals surface area contributed by atoms with Gasteiger partial charge in [-0.3, -0.25) is 9.48 Å². The quantitative estimate of drug-likeness (QED) is 0.350. The molecule has 10 nitrogen and oxygen atoms in total. The summed E-state index contributed by atoms with van der Waals surface area (Å²) >= 11 is 6.20. The second-order valence-electron chi connectivity index (χ2n) is 8.79.